The lowest BCUT2D eigenvalue weighted by Crippen LogP contribution is -2.52. The molecule has 1 saturated heterocycles. The van der Waals surface area contributed by atoms with E-state index in [9.17, 15) is 8.42 Å². The van der Waals surface area contributed by atoms with Crippen molar-refractivity contribution in [2.45, 2.75) is 22.8 Å². The SMILES string of the molecule is CSc1ccc(S(=O)(=O)N2CCNCC2C)cc1Cl.Cl. The molecular weight excluding hydrogens is 339 g/mol. The first-order chi connectivity index (χ1) is 8.96. The van der Waals surface area contributed by atoms with Crippen LogP contribution in [0.5, 0.6) is 0 Å². The summed E-state index contributed by atoms with van der Waals surface area (Å²) in [6.07, 6.45) is 1.91. The Morgan fingerprint density at radius 1 is 1.45 bits per heavy atom. The average Bonchev–Trinajstić information content (AvgIpc) is 2.39. The molecule has 0 aliphatic carbocycles. The van der Waals surface area contributed by atoms with Gasteiger partial charge in [-0.15, -0.1) is 24.2 Å². The highest BCUT2D eigenvalue weighted by Gasteiger charge is 2.31. The fourth-order valence-electron chi connectivity index (χ4n) is 2.12. The molecule has 0 saturated carbocycles. The summed E-state index contributed by atoms with van der Waals surface area (Å²) >= 11 is 7.60. The maximum atomic E-state index is 12.6. The van der Waals surface area contributed by atoms with Gasteiger partial charge in [0.1, 0.15) is 0 Å². The molecule has 20 heavy (non-hydrogen) atoms. The van der Waals surface area contributed by atoms with Crippen molar-refractivity contribution in [1.29, 1.82) is 0 Å². The molecule has 8 heteroatoms. The number of nitrogens with one attached hydrogen (secondary N) is 1. The van der Waals surface area contributed by atoms with Crippen LogP contribution in [0.1, 0.15) is 6.92 Å². The lowest BCUT2D eigenvalue weighted by atomic mass is 10.3. The highest BCUT2D eigenvalue weighted by atomic mass is 35.5. The summed E-state index contributed by atoms with van der Waals surface area (Å²) in [7, 11) is -3.46. The first-order valence-electron chi connectivity index (χ1n) is 6.03. The third kappa shape index (κ3) is 3.61. The van der Waals surface area contributed by atoms with E-state index < -0.39 is 10.0 Å². The van der Waals surface area contributed by atoms with Crippen molar-refractivity contribution < 1.29 is 8.42 Å². The number of rotatable bonds is 3. The maximum Gasteiger partial charge on any atom is 0.243 e. The van der Waals surface area contributed by atoms with Crippen molar-refractivity contribution >= 4 is 45.8 Å². The summed E-state index contributed by atoms with van der Waals surface area (Å²) in [5.74, 6) is 0. The Bertz CT molecular complexity index is 567. The van der Waals surface area contributed by atoms with Crippen LogP contribution in [0.25, 0.3) is 0 Å². The molecule has 1 unspecified atom stereocenters. The van der Waals surface area contributed by atoms with Gasteiger partial charge in [0, 0.05) is 30.6 Å². The highest BCUT2D eigenvalue weighted by molar-refractivity contribution is 7.98. The number of hydrogen-bond acceptors (Lipinski definition) is 4. The van der Waals surface area contributed by atoms with Crippen LogP contribution in [-0.4, -0.2) is 44.7 Å². The van der Waals surface area contributed by atoms with Crippen LogP contribution in [0, 0.1) is 0 Å². The van der Waals surface area contributed by atoms with E-state index in [1.165, 1.54) is 22.1 Å². The third-order valence-corrected chi connectivity index (χ3v) is 6.40. The van der Waals surface area contributed by atoms with Gasteiger partial charge >= 0.3 is 0 Å². The first kappa shape index (κ1) is 18.1. The predicted molar refractivity (Wildman–Crippen MR) is 86.7 cm³/mol. The Hall–Kier alpha value is 0.0200. The van der Waals surface area contributed by atoms with Gasteiger partial charge in [0.15, 0.2) is 0 Å². The molecule has 1 heterocycles. The van der Waals surface area contributed by atoms with E-state index in [1.807, 2.05) is 13.2 Å². The molecule has 0 aromatic heterocycles. The summed E-state index contributed by atoms with van der Waals surface area (Å²) in [5, 5.41) is 3.66. The molecule has 4 nitrogen and oxygen atoms in total. The largest absolute Gasteiger partial charge is 0.314 e. The summed E-state index contributed by atoms with van der Waals surface area (Å²) in [4.78, 5) is 1.15. The van der Waals surface area contributed by atoms with Gasteiger partial charge < -0.3 is 5.32 Å². The molecule has 1 atom stereocenters. The average molecular weight is 357 g/mol. The van der Waals surface area contributed by atoms with Crippen LogP contribution >= 0.6 is 35.8 Å². The van der Waals surface area contributed by atoms with E-state index in [1.54, 1.807) is 12.1 Å². The zero-order valence-electron chi connectivity index (χ0n) is 11.3. The standard InChI is InChI=1S/C12H17ClN2O2S2.ClH/c1-9-8-14-5-6-15(9)19(16,17)10-3-4-12(18-2)11(13)7-10;/h3-4,7,9,14H,5-6,8H2,1-2H3;1H. The van der Waals surface area contributed by atoms with Crippen molar-refractivity contribution in [1.82, 2.24) is 9.62 Å². The minimum absolute atomic E-state index is 0. The van der Waals surface area contributed by atoms with Gasteiger partial charge in [-0.3, -0.25) is 0 Å². The molecule has 1 aliphatic heterocycles. The Morgan fingerprint density at radius 2 is 2.15 bits per heavy atom. The molecule has 114 valence electrons. The summed E-state index contributed by atoms with van der Waals surface area (Å²) in [6, 6.07) is 4.88. The normalized spacial score (nSPS) is 20.4. The van der Waals surface area contributed by atoms with Crippen molar-refractivity contribution in [3.8, 4) is 0 Å². The van der Waals surface area contributed by atoms with Crippen molar-refractivity contribution in [3.05, 3.63) is 23.2 Å². The van der Waals surface area contributed by atoms with E-state index in [0.29, 0.717) is 24.7 Å². The first-order valence-corrected chi connectivity index (χ1v) is 9.07. The predicted octanol–water partition coefficient (Wildman–Crippen LogP) is 2.47. The quantitative estimate of drug-likeness (QED) is 0.845. The van der Waals surface area contributed by atoms with E-state index in [-0.39, 0.29) is 23.3 Å². The number of nitrogens with zero attached hydrogens (tertiary/aromatic N) is 1. The summed E-state index contributed by atoms with van der Waals surface area (Å²) in [5.41, 5.74) is 0. The minimum Gasteiger partial charge on any atom is -0.314 e. The zero-order valence-corrected chi connectivity index (χ0v) is 14.5. The molecule has 1 aromatic carbocycles. The number of thioether (sulfide) groups is 1. The topological polar surface area (TPSA) is 49.4 Å². The molecule has 0 spiro atoms. The van der Waals surface area contributed by atoms with Gasteiger partial charge in [-0.1, -0.05) is 11.6 Å². The summed E-state index contributed by atoms with van der Waals surface area (Å²) in [6.45, 7) is 3.75. The van der Waals surface area contributed by atoms with Gasteiger partial charge in [-0.05, 0) is 31.4 Å². The Kier molecular flexibility index (Phi) is 6.63. The molecule has 1 aromatic rings. The van der Waals surface area contributed by atoms with Crippen LogP contribution in [0.4, 0.5) is 0 Å². The maximum absolute atomic E-state index is 12.6. The van der Waals surface area contributed by atoms with Gasteiger partial charge in [-0.2, -0.15) is 4.31 Å². The van der Waals surface area contributed by atoms with E-state index in [2.05, 4.69) is 5.32 Å². The van der Waals surface area contributed by atoms with Crippen molar-refractivity contribution in [2.24, 2.45) is 0 Å². The molecule has 0 amide bonds. The van der Waals surface area contributed by atoms with E-state index >= 15 is 0 Å². The van der Waals surface area contributed by atoms with Gasteiger partial charge in [-0.25, -0.2) is 8.42 Å². The second-order valence-electron chi connectivity index (χ2n) is 4.47. The zero-order chi connectivity index (χ0) is 14.0. The van der Waals surface area contributed by atoms with Crippen LogP contribution in [-0.2, 0) is 10.0 Å². The van der Waals surface area contributed by atoms with Gasteiger partial charge in [0.2, 0.25) is 10.0 Å². The summed E-state index contributed by atoms with van der Waals surface area (Å²) < 4.78 is 26.7. The van der Waals surface area contributed by atoms with E-state index in [4.69, 9.17) is 11.6 Å². The number of halogens is 2. The highest BCUT2D eigenvalue weighted by Crippen LogP contribution is 2.29. The fourth-order valence-corrected chi connectivity index (χ4v) is 4.71. The van der Waals surface area contributed by atoms with Crippen LogP contribution in [0.15, 0.2) is 28.0 Å². The van der Waals surface area contributed by atoms with Crippen molar-refractivity contribution in [3.63, 3.8) is 0 Å². The lowest BCUT2D eigenvalue weighted by Gasteiger charge is -2.32. The molecule has 1 fully saturated rings. The fraction of sp³-hybridized carbons (Fsp3) is 0.500. The molecule has 1 aliphatic rings. The van der Waals surface area contributed by atoms with Crippen LogP contribution in [0.3, 0.4) is 0 Å². The number of sulfonamides is 1. The monoisotopic (exact) mass is 356 g/mol. The van der Waals surface area contributed by atoms with Gasteiger partial charge in [0.25, 0.3) is 0 Å². The third-order valence-electron chi connectivity index (χ3n) is 3.17. The van der Waals surface area contributed by atoms with Crippen molar-refractivity contribution in [2.75, 3.05) is 25.9 Å². The van der Waals surface area contributed by atoms with Gasteiger partial charge in [0.05, 0.1) is 9.92 Å². The molecule has 1 N–H and O–H groups in total. The van der Waals surface area contributed by atoms with Crippen LogP contribution < -0.4 is 5.32 Å². The molecule has 2 rings (SSSR count). The second kappa shape index (κ2) is 7.33. The minimum atomic E-state index is -3.46. The lowest BCUT2D eigenvalue weighted by molar-refractivity contribution is 0.284. The van der Waals surface area contributed by atoms with E-state index in [0.717, 1.165) is 4.90 Å². The Labute approximate surface area is 135 Å². The molecule has 0 bridgehead atoms. The van der Waals surface area contributed by atoms with Crippen LogP contribution in [0.2, 0.25) is 5.02 Å². The molecular formula is C12H18Cl2N2O2S2. The number of benzene rings is 1. The molecule has 0 radical (unpaired) electrons. The number of piperazine rings is 1. The Balaban J connectivity index is 0.00000200. The number of hydrogen-bond donors (Lipinski definition) is 1. The second-order valence-corrected chi connectivity index (χ2v) is 7.61. The smallest absolute Gasteiger partial charge is 0.243 e. The Morgan fingerprint density at radius 3 is 2.70 bits per heavy atom.